The summed E-state index contributed by atoms with van der Waals surface area (Å²) in [6.07, 6.45) is 4.76. The number of rotatable bonds is 4. The summed E-state index contributed by atoms with van der Waals surface area (Å²) in [7, 11) is 3.79. The quantitative estimate of drug-likeness (QED) is 0.694. The third-order valence-corrected chi connectivity index (χ3v) is 2.28. The van der Waals surface area contributed by atoms with E-state index in [4.69, 9.17) is 0 Å². The van der Waals surface area contributed by atoms with E-state index in [1.807, 2.05) is 43.2 Å². The van der Waals surface area contributed by atoms with E-state index < -0.39 is 0 Å². The molecule has 0 aliphatic rings. The fourth-order valence-corrected chi connectivity index (χ4v) is 1.46. The van der Waals surface area contributed by atoms with Gasteiger partial charge in [0.1, 0.15) is 12.8 Å². The third kappa shape index (κ3) is 2.92. The lowest BCUT2D eigenvalue weighted by Gasteiger charge is -2.11. The van der Waals surface area contributed by atoms with Gasteiger partial charge in [-0.15, -0.1) is 0 Å². The molecule has 0 aliphatic carbocycles. The van der Waals surface area contributed by atoms with Gasteiger partial charge in [0.25, 0.3) is 0 Å². The number of nitrogens with one attached hydrogen (secondary N) is 1. The minimum Gasteiger partial charge on any atom is -0.310 e. The van der Waals surface area contributed by atoms with Gasteiger partial charge in [0.05, 0.1) is 6.04 Å². The highest BCUT2D eigenvalue weighted by atomic mass is 16.1. The SMILES string of the molecule is CNC(Cc1ccc[n+](C)c1)C(C)=O. The molecule has 1 heterocycles. The summed E-state index contributed by atoms with van der Waals surface area (Å²) in [4.78, 5) is 11.2. The van der Waals surface area contributed by atoms with Crippen LogP contribution in [0.5, 0.6) is 0 Å². The van der Waals surface area contributed by atoms with Crippen molar-refractivity contribution in [2.75, 3.05) is 7.05 Å². The van der Waals surface area contributed by atoms with Crippen LogP contribution in [0.3, 0.4) is 0 Å². The predicted octanol–water partition coefficient (Wildman–Crippen LogP) is 0.231. The number of carbonyl (C=O) groups is 1. The van der Waals surface area contributed by atoms with Gasteiger partial charge in [-0.2, -0.15) is 0 Å². The van der Waals surface area contributed by atoms with Gasteiger partial charge in [-0.05, 0) is 20.0 Å². The Morgan fingerprint density at radius 2 is 2.36 bits per heavy atom. The van der Waals surface area contributed by atoms with Crippen LogP contribution >= 0.6 is 0 Å². The first-order valence-electron chi connectivity index (χ1n) is 4.75. The monoisotopic (exact) mass is 193 g/mol. The molecular formula is C11H17N2O+. The highest BCUT2D eigenvalue weighted by molar-refractivity contribution is 5.81. The summed E-state index contributed by atoms with van der Waals surface area (Å²) < 4.78 is 1.99. The number of likely N-dealkylation sites (N-methyl/N-ethyl adjacent to an activating group) is 1. The first-order chi connectivity index (χ1) is 6.63. The van der Waals surface area contributed by atoms with Gasteiger partial charge in [-0.3, -0.25) is 4.79 Å². The molecule has 1 atom stereocenters. The number of aromatic nitrogens is 1. The van der Waals surface area contributed by atoms with E-state index >= 15 is 0 Å². The summed E-state index contributed by atoms with van der Waals surface area (Å²) in [5.74, 6) is 0.180. The maximum atomic E-state index is 11.2. The predicted molar refractivity (Wildman–Crippen MR) is 54.9 cm³/mol. The molecule has 3 nitrogen and oxygen atoms in total. The first-order valence-corrected chi connectivity index (χ1v) is 4.75. The molecule has 1 N–H and O–H groups in total. The van der Waals surface area contributed by atoms with E-state index in [-0.39, 0.29) is 11.8 Å². The molecule has 0 spiro atoms. The molecule has 1 unspecified atom stereocenters. The summed E-state index contributed by atoms with van der Waals surface area (Å²) in [5, 5.41) is 3.01. The zero-order chi connectivity index (χ0) is 10.6. The van der Waals surface area contributed by atoms with Gasteiger partial charge in [0, 0.05) is 18.1 Å². The van der Waals surface area contributed by atoms with Gasteiger partial charge >= 0.3 is 0 Å². The van der Waals surface area contributed by atoms with E-state index in [0.717, 1.165) is 6.42 Å². The fraction of sp³-hybridized carbons (Fsp3) is 0.455. The molecule has 76 valence electrons. The van der Waals surface area contributed by atoms with Crippen LogP contribution in [0.2, 0.25) is 0 Å². The Labute approximate surface area is 84.8 Å². The number of nitrogens with zero attached hydrogens (tertiary/aromatic N) is 1. The molecule has 0 aromatic carbocycles. The highest BCUT2D eigenvalue weighted by Crippen LogP contribution is 2.00. The summed E-state index contributed by atoms with van der Waals surface area (Å²) >= 11 is 0. The van der Waals surface area contributed by atoms with Crippen LogP contribution in [0, 0.1) is 0 Å². The topological polar surface area (TPSA) is 33.0 Å². The molecule has 0 fully saturated rings. The number of ketones is 1. The Morgan fingerprint density at radius 1 is 1.64 bits per heavy atom. The van der Waals surface area contributed by atoms with Crippen LogP contribution in [-0.4, -0.2) is 18.9 Å². The van der Waals surface area contributed by atoms with Crippen LogP contribution in [0.4, 0.5) is 0 Å². The second-order valence-electron chi connectivity index (χ2n) is 3.53. The van der Waals surface area contributed by atoms with Crippen LogP contribution in [-0.2, 0) is 18.3 Å². The van der Waals surface area contributed by atoms with Gasteiger partial charge in [0.2, 0.25) is 0 Å². The molecule has 0 bridgehead atoms. The summed E-state index contributed by atoms with van der Waals surface area (Å²) in [5.41, 5.74) is 1.17. The molecule has 14 heavy (non-hydrogen) atoms. The van der Waals surface area contributed by atoms with Gasteiger partial charge in [-0.1, -0.05) is 0 Å². The largest absolute Gasteiger partial charge is 0.310 e. The van der Waals surface area contributed by atoms with E-state index in [1.54, 1.807) is 6.92 Å². The average molecular weight is 193 g/mol. The standard InChI is InChI=1S/C11H17N2O/c1-9(14)11(12-2)7-10-5-4-6-13(3)8-10/h4-6,8,11-12H,7H2,1-3H3/q+1. The number of pyridine rings is 1. The van der Waals surface area contributed by atoms with Gasteiger partial charge < -0.3 is 5.32 Å². The van der Waals surface area contributed by atoms with E-state index in [9.17, 15) is 4.79 Å². The van der Waals surface area contributed by atoms with E-state index in [0.29, 0.717) is 0 Å². The van der Waals surface area contributed by atoms with Crippen molar-refractivity contribution in [3.63, 3.8) is 0 Å². The Kier molecular flexibility index (Phi) is 3.77. The second-order valence-corrected chi connectivity index (χ2v) is 3.53. The first kappa shape index (κ1) is 10.9. The molecule has 1 aromatic rings. The summed E-state index contributed by atoms with van der Waals surface area (Å²) in [6.45, 7) is 1.62. The van der Waals surface area contributed by atoms with Crippen molar-refractivity contribution in [1.29, 1.82) is 0 Å². The lowest BCUT2D eigenvalue weighted by Crippen LogP contribution is -2.35. The number of carbonyl (C=O) groups excluding carboxylic acids is 1. The van der Waals surface area contributed by atoms with Crippen molar-refractivity contribution in [2.45, 2.75) is 19.4 Å². The number of aryl methyl sites for hydroxylation is 1. The molecule has 0 aliphatic heterocycles. The summed E-state index contributed by atoms with van der Waals surface area (Å²) in [6, 6.07) is 3.95. The molecule has 0 saturated heterocycles. The molecule has 1 aromatic heterocycles. The second kappa shape index (κ2) is 4.86. The van der Waals surface area contributed by atoms with Gasteiger partial charge in [0.15, 0.2) is 12.4 Å². The van der Waals surface area contributed by atoms with Crippen LogP contribution < -0.4 is 9.88 Å². The minimum atomic E-state index is -0.0719. The van der Waals surface area contributed by atoms with Crippen molar-refractivity contribution in [1.82, 2.24) is 5.32 Å². The lowest BCUT2D eigenvalue weighted by atomic mass is 10.1. The van der Waals surface area contributed by atoms with Crippen LogP contribution in [0.25, 0.3) is 0 Å². The van der Waals surface area contributed by atoms with Crippen molar-refractivity contribution >= 4 is 5.78 Å². The maximum absolute atomic E-state index is 11.2. The van der Waals surface area contributed by atoms with Crippen molar-refractivity contribution in [2.24, 2.45) is 7.05 Å². The Balaban J connectivity index is 2.72. The number of Topliss-reactive ketones (excluding diaryl/α,β-unsaturated/α-hetero) is 1. The van der Waals surface area contributed by atoms with Gasteiger partial charge in [-0.25, -0.2) is 4.57 Å². The molecule has 0 saturated carbocycles. The minimum absolute atomic E-state index is 0.0719. The Morgan fingerprint density at radius 3 is 2.86 bits per heavy atom. The van der Waals surface area contributed by atoms with Crippen LogP contribution in [0.1, 0.15) is 12.5 Å². The van der Waals surface area contributed by atoms with E-state index in [1.165, 1.54) is 5.56 Å². The normalized spacial score (nSPS) is 12.5. The number of hydrogen-bond donors (Lipinski definition) is 1. The number of hydrogen-bond acceptors (Lipinski definition) is 2. The van der Waals surface area contributed by atoms with Crippen molar-refractivity contribution in [3.8, 4) is 0 Å². The lowest BCUT2D eigenvalue weighted by molar-refractivity contribution is -0.671. The van der Waals surface area contributed by atoms with Crippen molar-refractivity contribution < 1.29 is 9.36 Å². The highest BCUT2D eigenvalue weighted by Gasteiger charge is 2.13. The molecule has 0 radical (unpaired) electrons. The Hall–Kier alpha value is -1.22. The van der Waals surface area contributed by atoms with Crippen molar-refractivity contribution in [3.05, 3.63) is 30.1 Å². The van der Waals surface area contributed by atoms with Crippen LogP contribution in [0.15, 0.2) is 24.5 Å². The zero-order valence-electron chi connectivity index (χ0n) is 8.95. The molecule has 0 amide bonds. The Bertz CT molecular complexity index is 323. The maximum Gasteiger partial charge on any atom is 0.171 e. The third-order valence-electron chi connectivity index (χ3n) is 2.28. The zero-order valence-corrected chi connectivity index (χ0v) is 8.95. The molecule has 1 rings (SSSR count). The smallest absolute Gasteiger partial charge is 0.171 e. The fourth-order valence-electron chi connectivity index (χ4n) is 1.46. The molecule has 3 heteroatoms. The molecular weight excluding hydrogens is 176 g/mol. The average Bonchev–Trinajstić information content (AvgIpc) is 2.14. The van der Waals surface area contributed by atoms with E-state index in [2.05, 4.69) is 5.32 Å².